The van der Waals surface area contributed by atoms with E-state index in [1.165, 1.54) is 6.08 Å². The molecule has 0 bridgehead atoms. The summed E-state index contributed by atoms with van der Waals surface area (Å²) in [4.78, 5) is 35.8. The van der Waals surface area contributed by atoms with Crippen molar-refractivity contribution in [2.45, 2.75) is 90.3 Å². The fraction of sp³-hybridized carbons (Fsp3) is 0.750. The summed E-state index contributed by atoms with van der Waals surface area (Å²) in [6.45, 7) is 18.8. The van der Waals surface area contributed by atoms with Gasteiger partial charge in [-0.2, -0.15) is 0 Å². The highest BCUT2D eigenvalue weighted by Crippen LogP contribution is 2.38. The normalized spacial score (nSPS) is 14.5. The third-order valence-electron chi connectivity index (χ3n) is 4.50. The number of hydrogen-bond donors (Lipinski definition) is 2. The van der Waals surface area contributed by atoms with Gasteiger partial charge in [0.25, 0.3) is 0 Å². The maximum absolute atomic E-state index is 12.4. The molecule has 0 saturated heterocycles. The summed E-state index contributed by atoms with van der Waals surface area (Å²) in [5, 5.41) is 11.7. The van der Waals surface area contributed by atoms with E-state index in [4.69, 9.17) is 13.9 Å². The van der Waals surface area contributed by atoms with Crippen LogP contribution in [0.1, 0.15) is 54.4 Å². The number of esters is 1. The summed E-state index contributed by atoms with van der Waals surface area (Å²) in [7, 11) is -2.31. The molecule has 0 aromatic carbocycles. The molecule has 2 N–H and O–H groups in total. The summed E-state index contributed by atoms with van der Waals surface area (Å²) in [6.07, 6.45) is -0.435. The summed E-state index contributed by atoms with van der Waals surface area (Å²) in [5.74, 6) is -1.73. The van der Waals surface area contributed by atoms with Crippen molar-refractivity contribution in [2.24, 2.45) is 0 Å². The minimum absolute atomic E-state index is 0.0417. The van der Waals surface area contributed by atoms with E-state index in [9.17, 15) is 19.5 Å². The molecule has 0 saturated carbocycles. The Balaban J connectivity index is 5.47. The molecule has 0 aromatic heterocycles. The molecule has 29 heavy (non-hydrogen) atoms. The highest BCUT2D eigenvalue weighted by molar-refractivity contribution is 6.74. The van der Waals surface area contributed by atoms with Crippen LogP contribution in [0.5, 0.6) is 0 Å². The third kappa shape index (κ3) is 11.0. The van der Waals surface area contributed by atoms with E-state index in [0.717, 1.165) is 0 Å². The van der Waals surface area contributed by atoms with Gasteiger partial charge in [0.15, 0.2) is 8.32 Å². The van der Waals surface area contributed by atoms with Gasteiger partial charge in [-0.3, -0.25) is 4.79 Å². The Bertz CT molecular complexity index is 591. The first-order valence-electron chi connectivity index (χ1n) is 9.65. The number of carbonyl (C=O) groups is 3. The quantitative estimate of drug-likeness (QED) is 0.307. The first-order chi connectivity index (χ1) is 13.0. The van der Waals surface area contributed by atoms with E-state index in [1.54, 1.807) is 20.8 Å². The average molecular weight is 432 g/mol. The Kier molecular flexibility index (Phi) is 10.1. The molecule has 0 unspecified atom stereocenters. The number of rotatable bonds is 10. The van der Waals surface area contributed by atoms with Gasteiger partial charge in [-0.05, 0) is 38.9 Å². The molecule has 168 valence electrons. The first kappa shape index (κ1) is 27.1. The molecule has 0 aliphatic carbocycles. The first-order valence-corrected chi connectivity index (χ1v) is 12.6. The summed E-state index contributed by atoms with van der Waals surface area (Å²) in [5.41, 5.74) is -0.669. The van der Waals surface area contributed by atoms with Crippen LogP contribution < -0.4 is 5.32 Å². The second kappa shape index (κ2) is 10.8. The zero-order chi connectivity index (χ0) is 23.0. The molecule has 0 aliphatic rings. The zero-order valence-electron chi connectivity index (χ0n) is 19.0. The molecular formula is C20H37NO7Si. The van der Waals surface area contributed by atoms with Crippen molar-refractivity contribution in [3.63, 3.8) is 0 Å². The van der Waals surface area contributed by atoms with Crippen molar-refractivity contribution in [1.29, 1.82) is 0 Å². The van der Waals surface area contributed by atoms with E-state index in [-0.39, 0.29) is 24.5 Å². The smallest absolute Gasteiger partial charge is 0.408 e. The average Bonchev–Trinajstić information content (AvgIpc) is 2.48. The van der Waals surface area contributed by atoms with Gasteiger partial charge < -0.3 is 24.3 Å². The predicted molar refractivity (Wildman–Crippen MR) is 113 cm³/mol. The number of hydrogen-bond acceptors (Lipinski definition) is 6. The van der Waals surface area contributed by atoms with Crippen molar-refractivity contribution < 1.29 is 33.4 Å². The van der Waals surface area contributed by atoms with Crippen LogP contribution in [0.3, 0.4) is 0 Å². The predicted octanol–water partition coefficient (Wildman–Crippen LogP) is 3.86. The van der Waals surface area contributed by atoms with Crippen LogP contribution in [-0.4, -0.2) is 55.8 Å². The minimum atomic E-state index is -2.31. The number of aliphatic carboxylic acids is 1. The number of carboxylic acid groups (broad SMARTS) is 1. The molecule has 0 aliphatic heterocycles. The highest BCUT2D eigenvalue weighted by atomic mass is 28.4. The summed E-state index contributed by atoms with van der Waals surface area (Å²) < 4.78 is 16.5. The second-order valence-corrected chi connectivity index (χ2v) is 14.2. The van der Waals surface area contributed by atoms with E-state index in [2.05, 4.69) is 11.9 Å². The van der Waals surface area contributed by atoms with Crippen molar-refractivity contribution in [3.05, 3.63) is 12.7 Å². The van der Waals surface area contributed by atoms with Gasteiger partial charge in [0.2, 0.25) is 0 Å². The molecule has 0 radical (unpaired) electrons. The Morgan fingerprint density at radius 3 is 2.10 bits per heavy atom. The number of amides is 1. The number of carbonyl (C=O) groups excluding carboxylic acids is 2. The van der Waals surface area contributed by atoms with Gasteiger partial charge in [0.05, 0.1) is 12.5 Å². The lowest BCUT2D eigenvalue weighted by molar-refractivity contribution is -0.157. The van der Waals surface area contributed by atoms with E-state index in [1.807, 2.05) is 33.9 Å². The Labute approximate surface area is 175 Å². The lowest BCUT2D eigenvalue weighted by Crippen LogP contribution is -2.49. The number of nitrogens with one attached hydrogen (secondary N) is 1. The summed E-state index contributed by atoms with van der Waals surface area (Å²) in [6, 6.07) is -1.27. The van der Waals surface area contributed by atoms with Crippen LogP contribution in [0.4, 0.5) is 4.79 Å². The summed E-state index contributed by atoms with van der Waals surface area (Å²) >= 11 is 0. The third-order valence-corrected chi connectivity index (χ3v) is 9.04. The van der Waals surface area contributed by atoms with Gasteiger partial charge in [0, 0.05) is 6.42 Å². The molecule has 1 amide bonds. The standard InChI is InChI=1S/C20H37NO7Si/c1-10-11-26-18(25)21-15(17(23)24)12-14(13-16(22)27-19(2,3)4)28-29(8,9)20(5,6)7/h10,14-15H,1,11-13H2,2-9H3,(H,21,25)(H,23,24)/t14-,15+/m1/s1. The van der Waals surface area contributed by atoms with Gasteiger partial charge in [0.1, 0.15) is 18.2 Å². The monoisotopic (exact) mass is 431 g/mol. The van der Waals surface area contributed by atoms with Crippen LogP contribution in [0.2, 0.25) is 18.1 Å². The van der Waals surface area contributed by atoms with Crippen LogP contribution >= 0.6 is 0 Å². The van der Waals surface area contributed by atoms with Crippen LogP contribution in [0.25, 0.3) is 0 Å². The topological polar surface area (TPSA) is 111 Å². The van der Waals surface area contributed by atoms with Crippen LogP contribution in [-0.2, 0) is 23.5 Å². The molecule has 0 spiro atoms. The lowest BCUT2D eigenvalue weighted by Gasteiger charge is -2.39. The van der Waals surface area contributed by atoms with Gasteiger partial charge >= 0.3 is 18.0 Å². The van der Waals surface area contributed by atoms with Gasteiger partial charge in [-0.15, -0.1) is 0 Å². The van der Waals surface area contributed by atoms with Crippen molar-refractivity contribution >= 4 is 26.3 Å². The van der Waals surface area contributed by atoms with E-state index < -0.39 is 44.1 Å². The fourth-order valence-electron chi connectivity index (χ4n) is 2.14. The molecule has 0 aromatic rings. The van der Waals surface area contributed by atoms with Gasteiger partial charge in [-0.25, -0.2) is 9.59 Å². The Morgan fingerprint density at radius 1 is 1.14 bits per heavy atom. The lowest BCUT2D eigenvalue weighted by atomic mass is 10.1. The zero-order valence-corrected chi connectivity index (χ0v) is 20.0. The van der Waals surface area contributed by atoms with Crippen molar-refractivity contribution in [3.8, 4) is 0 Å². The number of carboxylic acids is 1. The number of ether oxygens (including phenoxy) is 2. The largest absolute Gasteiger partial charge is 0.480 e. The van der Waals surface area contributed by atoms with Crippen LogP contribution in [0.15, 0.2) is 12.7 Å². The van der Waals surface area contributed by atoms with Crippen molar-refractivity contribution in [1.82, 2.24) is 5.32 Å². The molecule has 9 heteroatoms. The maximum atomic E-state index is 12.4. The van der Waals surface area contributed by atoms with Gasteiger partial charge in [-0.1, -0.05) is 33.4 Å². The highest BCUT2D eigenvalue weighted by Gasteiger charge is 2.41. The minimum Gasteiger partial charge on any atom is -0.480 e. The maximum Gasteiger partial charge on any atom is 0.408 e. The second-order valence-electron chi connectivity index (χ2n) is 9.45. The molecule has 2 atom stereocenters. The van der Waals surface area contributed by atoms with Crippen molar-refractivity contribution in [2.75, 3.05) is 6.61 Å². The molecule has 8 nitrogen and oxygen atoms in total. The van der Waals surface area contributed by atoms with E-state index >= 15 is 0 Å². The SMILES string of the molecule is C=CCOC(=O)N[C@@H](C[C@H](CC(=O)OC(C)(C)C)O[Si](C)(C)C(C)(C)C)C(=O)O. The Hall–Kier alpha value is -1.87. The molecular weight excluding hydrogens is 394 g/mol. The fourth-order valence-corrected chi connectivity index (χ4v) is 3.50. The molecule has 0 fully saturated rings. The number of alkyl carbamates (subject to hydrolysis) is 1. The van der Waals surface area contributed by atoms with E-state index in [0.29, 0.717) is 0 Å². The molecule has 0 heterocycles. The van der Waals surface area contributed by atoms with Crippen LogP contribution in [0, 0.1) is 0 Å². The Morgan fingerprint density at radius 2 is 1.69 bits per heavy atom. The molecule has 0 rings (SSSR count).